The molecular formula is C23H36N2O12. The van der Waals surface area contributed by atoms with Gasteiger partial charge in [0.1, 0.15) is 24.4 Å². The molecule has 37 heavy (non-hydrogen) atoms. The minimum Gasteiger partial charge on any atom is -0.480 e. The highest BCUT2D eigenvalue weighted by Crippen LogP contribution is 2.29. The van der Waals surface area contributed by atoms with Crippen molar-refractivity contribution >= 4 is 35.9 Å². The predicted molar refractivity (Wildman–Crippen MR) is 124 cm³/mol. The molecule has 1 aliphatic rings. The van der Waals surface area contributed by atoms with Crippen molar-refractivity contribution in [2.45, 2.75) is 103 Å². The lowest BCUT2D eigenvalue weighted by molar-refractivity contribution is -0.224. The van der Waals surface area contributed by atoms with Crippen LogP contribution in [-0.2, 0) is 47.7 Å². The number of carbonyl (C=O) groups is 6. The maximum Gasteiger partial charge on any atom is 0.408 e. The predicted octanol–water partition coefficient (Wildman–Crippen LogP) is 0.443. The number of alkyl carbamates (subject to hydrolysis) is 1. The van der Waals surface area contributed by atoms with Gasteiger partial charge in [-0.1, -0.05) is 0 Å². The largest absolute Gasteiger partial charge is 0.480 e. The van der Waals surface area contributed by atoms with Crippen LogP contribution in [0, 0.1) is 0 Å². The number of esters is 3. The Labute approximate surface area is 214 Å². The van der Waals surface area contributed by atoms with Gasteiger partial charge in [0.05, 0.1) is 12.1 Å². The molecule has 0 aromatic carbocycles. The van der Waals surface area contributed by atoms with Crippen LogP contribution in [-0.4, -0.2) is 89.7 Å². The Bertz CT molecular complexity index is 868. The number of hydrogen-bond donors (Lipinski definition) is 3. The second kappa shape index (κ2) is 13.8. The van der Waals surface area contributed by atoms with E-state index in [1.807, 2.05) is 0 Å². The van der Waals surface area contributed by atoms with Crippen LogP contribution in [0.15, 0.2) is 0 Å². The molecule has 1 fully saturated rings. The van der Waals surface area contributed by atoms with E-state index >= 15 is 0 Å². The van der Waals surface area contributed by atoms with Crippen LogP contribution in [0.2, 0.25) is 0 Å². The van der Waals surface area contributed by atoms with Gasteiger partial charge in [0.2, 0.25) is 5.91 Å². The van der Waals surface area contributed by atoms with E-state index in [0.717, 1.165) is 20.8 Å². The zero-order valence-corrected chi connectivity index (χ0v) is 22.0. The average molecular weight is 533 g/mol. The van der Waals surface area contributed by atoms with Gasteiger partial charge in [-0.25, -0.2) is 9.59 Å². The van der Waals surface area contributed by atoms with Gasteiger partial charge in [-0.2, -0.15) is 0 Å². The summed E-state index contributed by atoms with van der Waals surface area (Å²) in [4.78, 5) is 71.0. The van der Waals surface area contributed by atoms with E-state index in [-0.39, 0.29) is 19.4 Å². The number of nitrogens with one attached hydrogen (secondary N) is 2. The first-order valence-electron chi connectivity index (χ1n) is 11.6. The molecule has 0 aromatic rings. The minimum atomic E-state index is -1.39. The molecule has 1 aliphatic heterocycles. The number of carbonyl (C=O) groups excluding carboxylic acids is 5. The zero-order chi connectivity index (χ0) is 28.5. The van der Waals surface area contributed by atoms with E-state index < -0.39 is 78.0 Å². The molecule has 0 aromatic heterocycles. The van der Waals surface area contributed by atoms with Crippen LogP contribution in [0.25, 0.3) is 0 Å². The zero-order valence-electron chi connectivity index (χ0n) is 22.0. The van der Waals surface area contributed by atoms with E-state index in [2.05, 4.69) is 10.6 Å². The molecular weight excluding hydrogens is 496 g/mol. The van der Waals surface area contributed by atoms with Crippen molar-refractivity contribution in [2.24, 2.45) is 0 Å². The van der Waals surface area contributed by atoms with E-state index in [0.29, 0.717) is 0 Å². The first-order valence-corrected chi connectivity index (χ1v) is 11.6. The summed E-state index contributed by atoms with van der Waals surface area (Å²) in [7, 11) is 0. The summed E-state index contributed by atoms with van der Waals surface area (Å²) in [5.41, 5.74) is -0.858. The molecule has 2 amide bonds. The monoisotopic (exact) mass is 532 g/mol. The van der Waals surface area contributed by atoms with Gasteiger partial charge in [-0.3, -0.25) is 19.2 Å². The first-order chi connectivity index (χ1) is 17.0. The van der Waals surface area contributed by atoms with Crippen LogP contribution in [0.3, 0.4) is 0 Å². The van der Waals surface area contributed by atoms with Crippen LogP contribution < -0.4 is 10.6 Å². The lowest BCUT2D eigenvalue weighted by Gasteiger charge is -2.45. The van der Waals surface area contributed by atoms with Gasteiger partial charge < -0.3 is 39.4 Å². The molecule has 0 aliphatic carbocycles. The third-order valence-electron chi connectivity index (χ3n) is 4.95. The molecule has 14 heteroatoms. The highest BCUT2D eigenvalue weighted by molar-refractivity contribution is 5.80. The SMILES string of the molecule is CC(=O)N[C@@H]1[C@@H](OC(C)=O)[C@H](OC(C)=O)[C@@H](COC(C)=O)O[C@H]1CC[C@H](NC(=O)OC(C)(C)C)C(=O)O. The summed E-state index contributed by atoms with van der Waals surface area (Å²) in [6.45, 7) is 9.07. The number of amides is 2. The molecule has 6 atom stereocenters. The third-order valence-corrected chi connectivity index (χ3v) is 4.95. The van der Waals surface area contributed by atoms with Crippen molar-refractivity contribution in [1.82, 2.24) is 10.6 Å². The molecule has 3 N–H and O–H groups in total. The van der Waals surface area contributed by atoms with Crippen LogP contribution in [0.5, 0.6) is 0 Å². The van der Waals surface area contributed by atoms with Gasteiger partial charge in [-0.05, 0) is 33.6 Å². The number of rotatable bonds is 10. The Kier molecular flexibility index (Phi) is 11.8. The van der Waals surface area contributed by atoms with Crippen LogP contribution in [0.1, 0.15) is 61.3 Å². The second-order valence-electron chi connectivity index (χ2n) is 9.50. The quantitative estimate of drug-likeness (QED) is 0.260. The summed E-state index contributed by atoms with van der Waals surface area (Å²) in [5, 5.41) is 14.5. The van der Waals surface area contributed by atoms with E-state index in [1.165, 1.54) is 6.92 Å². The van der Waals surface area contributed by atoms with Crippen molar-refractivity contribution in [1.29, 1.82) is 0 Å². The smallest absolute Gasteiger partial charge is 0.408 e. The fourth-order valence-corrected chi connectivity index (χ4v) is 3.71. The van der Waals surface area contributed by atoms with Crippen molar-refractivity contribution in [3.8, 4) is 0 Å². The summed E-state index contributed by atoms with van der Waals surface area (Å²) >= 11 is 0. The number of hydrogen-bond acceptors (Lipinski definition) is 11. The highest BCUT2D eigenvalue weighted by Gasteiger charge is 2.50. The van der Waals surface area contributed by atoms with Crippen LogP contribution >= 0.6 is 0 Å². The maximum absolute atomic E-state index is 12.1. The maximum atomic E-state index is 12.1. The molecule has 1 rings (SSSR count). The van der Waals surface area contributed by atoms with Crippen molar-refractivity contribution in [3.05, 3.63) is 0 Å². The molecule has 1 saturated heterocycles. The fourth-order valence-electron chi connectivity index (χ4n) is 3.71. The molecule has 0 saturated carbocycles. The first kappa shape index (κ1) is 31.6. The van der Waals surface area contributed by atoms with Crippen molar-refractivity contribution in [3.63, 3.8) is 0 Å². The van der Waals surface area contributed by atoms with Gasteiger partial charge in [0.25, 0.3) is 0 Å². The second-order valence-corrected chi connectivity index (χ2v) is 9.50. The molecule has 0 bridgehead atoms. The Morgan fingerprint density at radius 2 is 1.46 bits per heavy atom. The standard InChI is InChI=1S/C23H36N2O12/c1-11(26)24-18-16(9-8-15(21(30)31)25-22(32)37-23(5,6)7)36-17(10-33-12(2)27)19(34-13(3)28)20(18)35-14(4)29/h15-20H,8-10H2,1-7H3,(H,24,26)(H,25,32)(H,30,31)/t15-,16-,17+,18-,19+,20+/m0/s1. The average Bonchev–Trinajstić information content (AvgIpc) is 2.70. The van der Waals surface area contributed by atoms with E-state index in [4.69, 9.17) is 23.7 Å². The molecule has 0 spiro atoms. The van der Waals surface area contributed by atoms with E-state index in [9.17, 15) is 33.9 Å². The number of carboxylic acid groups (broad SMARTS) is 1. The Hall–Kier alpha value is -3.42. The lowest BCUT2D eigenvalue weighted by Crippen LogP contribution is -2.66. The van der Waals surface area contributed by atoms with Crippen LogP contribution in [0.4, 0.5) is 4.79 Å². The molecule has 0 unspecified atom stereocenters. The minimum absolute atomic E-state index is 0.0706. The molecule has 0 radical (unpaired) electrons. The number of ether oxygens (including phenoxy) is 5. The summed E-state index contributed by atoms with van der Waals surface area (Å²) in [5.74, 6) is -4.02. The number of aliphatic carboxylic acids is 1. The highest BCUT2D eigenvalue weighted by atomic mass is 16.6. The van der Waals surface area contributed by atoms with Crippen molar-refractivity contribution < 1.29 is 57.6 Å². The van der Waals surface area contributed by atoms with Gasteiger partial charge in [-0.15, -0.1) is 0 Å². The van der Waals surface area contributed by atoms with E-state index in [1.54, 1.807) is 20.8 Å². The lowest BCUT2D eigenvalue weighted by atomic mass is 9.89. The Balaban J connectivity index is 3.27. The molecule has 1 heterocycles. The molecule has 210 valence electrons. The van der Waals surface area contributed by atoms with Gasteiger partial charge in [0, 0.05) is 27.7 Å². The fraction of sp³-hybridized carbons (Fsp3) is 0.739. The van der Waals surface area contributed by atoms with Gasteiger partial charge in [0.15, 0.2) is 12.2 Å². The number of carboxylic acids is 1. The van der Waals surface area contributed by atoms with Gasteiger partial charge >= 0.3 is 30.0 Å². The summed E-state index contributed by atoms with van der Waals surface area (Å²) < 4.78 is 26.9. The Morgan fingerprint density at radius 1 is 0.892 bits per heavy atom. The topological polar surface area (TPSA) is 193 Å². The third kappa shape index (κ3) is 11.5. The summed E-state index contributed by atoms with van der Waals surface area (Å²) in [6, 6.07) is -2.46. The normalized spacial score (nSPS) is 24.1. The Morgan fingerprint density at radius 3 is 1.92 bits per heavy atom. The van der Waals surface area contributed by atoms with Crippen molar-refractivity contribution in [2.75, 3.05) is 6.61 Å². The summed E-state index contributed by atoms with van der Waals surface area (Å²) in [6.07, 6.45) is -5.82. The molecule has 14 nitrogen and oxygen atoms in total.